The minimum atomic E-state index is 0.258. The lowest BCUT2D eigenvalue weighted by molar-refractivity contribution is 0.415. The molecule has 156 valence electrons. The number of nitrogen functional groups attached to an aromatic ring is 1. The highest BCUT2D eigenvalue weighted by Gasteiger charge is 2.10. The van der Waals surface area contributed by atoms with Gasteiger partial charge in [-0.25, -0.2) is 4.98 Å². The predicted molar refractivity (Wildman–Crippen MR) is 122 cm³/mol. The first kappa shape index (κ1) is 18.9. The fourth-order valence-corrected chi connectivity index (χ4v) is 3.83. The van der Waals surface area contributed by atoms with E-state index in [2.05, 4.69) is 48.7 Å². The van der Waals surface area contributed by atoms with Crippen molar-refractivity contribution >= 4 is 33.6 Å². The van der Waals surface area contributed by atoms with Gasteiger partial charge in [-0.05, 0) is 47.9 Å². The third kappa shape index (κ3) is 3.87. The quantitative estimate of drug-likeness (QED) is 0.323. The van der Waals surface area contributed by atoms with Gasteiger partial charge in [-0.2, -0.15) is 10.1 Å². The highest BCUT2D eigenvalue weighted by atomic mass is 16.5. The van der Waals surface area contributed by atoms with E-state index < -0.39 is 0 Å². The highest BCUT2D eigenvalue weighted by Crippen LogP contribution is 2.25. The second kappa shape index (κ2) is 7.98. The summed E-state index contributed by atoms with van der Waals surface area (Å²) in [5.41, 5.74) is 11.4. The van der Waals surface area contributed by atoms with Crippen LogP contribution in [0.2, 0.25) is 0 Å². The molecule has 0 spiro atoms. The van der Waals surface area contributed by atoms with Gasteiger partial charge in [0.05, 0.1) is 18.8 Å². The zero-order valence-electron chi connectivity index (χ0n) is 17.1. The van der Waals surface area contributed by atoms with Crippen molar-refractivity contribution in [2.75, 3.05) is 24.7 Å². The average Bonchev–Trinajstić information content (AvgIpc) is 3.41. The lowest BCUT2D eigenvalue weighted by Gasteiger charge is -2.11. The largest absolute Gasteiger partial charge is 0.497 e. The van der Waals surface area contributed by atoms with E-state index >= 15 is 0 Å². The van der Waals surface area contributed by atoms with Crippen LogP contribution in [-0.2, 0) is 12.8 Å². The Morgan fingerprint density at radius 3 is 2.87 bits per heavy atom. The van der Waals surface area contributed by atoms with Gasteiger partial charge in [0.2, 0.25) is 5.95 Å². The number of rotatable bonds is 7. The molecule has 8 nitrogen and oxygen atoms in total. The van der Waals surface area contributed by atoms with Crippen LogP contribution in [0.5, 0.6) is 5.75 Å². The van der Waals surface area contributed by atoms with Crippen molar-refractivity contribution in [3.63, 3.8) is 0 Å². The Hall–Kier alpha value is -4.07. The summed E-state index contributed by atoms with van der Waals surface area (Å²) in [4.78, 5) is 12.0. The van der Waals surface area contributed by atoms with Gasteiger partial charge in [0.15, 0.2) is 0 Å². The van der Waals surface area contributed by atoms with E-state index in [0.29, 0.717) is 13.0 Å². The van der Waals surface area contributed by atoms with Crippen molar-refractivity contribution < 1.29 is 4.74 Å². The lowest BCUT2D eigenvalue weighted by atomic mass is 10.0. The standard InChI is InChI=1S/C23H23N7O/c1-31-18-3-5-21-19(10-18)15(11-26-21)6-7-25-22-17(12-27-23(24)29-22)9-14-2-4-20-16(8-14)13-28-30-20/h2-5,8,10-13,26H,6-7,9H2,1H3,(H,28,30)(H3,24,25,27,29). The number of benzene rings is 2. The molecule has 0 atom stereocenters. The van der Waals surface area contributed by atoms with E-state index in [-0.39, 0.29) is 5.95 Å². The van der Waals surface area contributed by atoms with Gasteiger partial charge in [-0.3, -0.25) is 5.10 Å². The number of aromatic nitrogens is 5. The van der Waals surface area contributed by atoms with Crippen LogP contribution in [0.3, 0.4) is 0 Å². The van der Waals surface area contributed by atoms with Gasteiger partial charge < -0.3 is 20.8 Å². The zero-order chi connectivity index (χ0) is 21.2. The number of anilines is 2. The normalized spacial score (nSPS) is 11.3. The van der Waals surface area contributed by atoms with Gasteiger partial charge in [-0.15, -0.1) is 0 Å². The van der Waals surface area contributed by atoms with Crippen molar-refractivity contribution in [3.05, 3.63) is 71.7 Å². The number of fused-ring (bicyclic) bond motifs is 2. The van der Waals surface area contributed by atoms with Gasteiger partial charge in [0.1, 0.15) is 11.6 Å². The summed E-state index contributed by atoms with van der Waals surface area (Å²) >= 11 is 0. The summed E-state index contributed by atoms with van der Waals surface area (Å²) in [5, 5.41) is 12.8. The molecular weight excluding hydrogens is 390 g/mol. The Morgan fingerprint density at radius 2 is 1.97 bits per heavy atom. The van der Waals surface area contributed by atoms with Gasteiger partial charge in [0, 0.05) is 47.2 Å². The number of aromatic amines is 2. The number of nitrogens with one attached hydrogen (secondary N) is 3. The molecule has 0 fully saturated rings. The van der Waals surface area contributed by atoms with E-state index in [4.69, 9.17) is 10.5 Å². The van der Waals surface area contributed by atoms with Gasteiger partial charge >= 0.3 is 0 Å². The molecule has 2 aromatic carbocycles. The summed E-state index contributed by atoms with van der Waals surface area (Å²) in [5.74, 6) is 1.87. The molecule has 8 heteroatoms. The van der Waals surface area contributed by atoms with Crippen molar-refractivity contribution in [2.45, 2.75) is 12.8 Å². The fourth-order valence-electron chi connectivity index (χ4n) is 3.83. The first-order valence-corrected chi connectivity index (χ1v) is 10.1. The van der Waals surface area contributed by atoms with Crippen LogP contribution >= 0.6 is 0 Å². The topological polar surface area (TPSA) is 118 Å². The van der Waals surface area contributed by atoms with Crippen LogP contribution in [0, 0.1) is 0 Å². The van der Waals surface area contributed by atoms with Crippen LogP contribution in [-0.4, -0.2) is 38.8 Å². The second-order valence-electron chi connectivity index (χ2n) is 7.47. The van der Waals surface area contributed by atoms with E-state index in [1.165, 1.54) is 5.56 Å². The summed E-state index contributed by atoms with van der Waals surface area (Å²) in [6.45, 7) is 0.717. The molecule has 0 saturated carbocycles. The molecule has 5 N–H and O–H groups in total. The molecule has 0 bridgehead atoms. The zero-order valence-corrected chi connectivity index (χ0v) is 17.1. The average molecular weight is 413 g/mol. The summed E-state index contributed by atoms with van der Waals surface area (Å²) in [6.07, 6.45) is 7.20. The monoisotopic (exact) mass is 413 g/mol. The van der Waals surface area contributed by atoms with Gasteiger partial charge in [-0.1, -0.05) is 6.07 Å². The number of nitrogens with zero attached hydrogens (tertiary/aromatic N) is 3. The predicted octanol–water partition coefficient (Wildman–Crippen LogP) is 3.67. The highest BCUT2D eigenvalue weighted by molar-refractivity contribution is 5.84. The van der Waals surface area contributed by atoms with Crippen LogP contribution in [0.25, 0.3) is 21.8 Å². The number of methoxy groups -OCH3 is 1. The number of nitrogens with two attached hydrogens (primary N) is 1. The van der Waals surface area contributed by atoms with E-state index in [0.717, 1.165) is 50.9 Å². The maximum Gasteiger partial charge on any atom is 0.221 e. The van der Waals surface area contributed by atoms with E-state index in [1.54, 1.807) is 13.3 Å². The number of H-pyrrole nitrogens is 2. The Kier molecular flexibility index (Phi) is 4.87. The smallest absolute Gasteiger partial charge is 0.221 e. The Morgan fingerprint density at radius 1 is 1.06 bits per heavy atom. The third-order valence-electron chi connectivity index (χ3n) is 5.44. The molecule has 0 aliphatic heterocycles. The van der Waals surface area contributed by atoms with Crippen LogP contribution < -0.4 is 15.8 Å². The fraction of sp³-hybridized carbons (Fsp3) is 0.174. The Labute approximate surface area is 178 Å². The number of ether oxygens (including phenoxy) is 1. The molecule has 5 aromatic rings. The third-order valence-corrected chi connectivity index (χ3v) is 5.44. The maximum absolute atomic E-state index is 5.86. The van der Waals surface area contributed by atoms with Crippen LogP contribution in [0.4, 0.5) is 11.8 Å². The maximum atomic E-state index is 5.86. The molecule has 0 aliphatic carbocycles. The first-order chi connectivity index (χ1) is 15.2. The number of hydrogen-bond donors (Lipinski definition) is 4. The lowest BCUT2D eigenvalue weighted by Crippen LogP contribution is -2.11. The van der Waals surface area contributed by atoms with Crippen molar-refractivity contribution in [1.82, 2.24) is 25.1 Å². The summed E-state index contributed by atoms with van der Waals surface area (Å²) < 4.78 is 5.36. The molecule has 0 amide bonds. The van der Waals surface area contributed by atoms with Crippen molar-refractivity contribution in [2.24, 2.45) is 0 Å². The van der Waals surface area contributed by atoms with E-state index in [9.17, 15) is 0 Å². The second-order valence-corrected chi connectivity index (χ2v) is 7.47. The van der Waals surface area contributed by atoms with Crippen molar-refractivity contribution in [3.8, 4) is 5.75 Å². The Bertz CT molecular complexity index is 1350. The van der Waals surface area contributed by atoms with Crippen LogP contribution in [0.1, 0.15) is 16.7 Å². The molecule has 0 unspecified atom stereocenters. The minimum absolute atomic E-state index is 0.258. The molecule has 31 heavy (non-hydrogen) atoms. The van der Waals surface area contributed by atoms with Crippen LogP contribution in [0.15, 0.2) is 55.0 Å². The molecular formula is C23H23N7O. The minimum Gasteiger partial charge on any atom is -0.497 e. The van der Waals surface area contributed by atoms with Gasteiger partial charge in [0.25, 0.3) is 0 Å². The summed E-state index contributed by atoms with van der Waals surface area (Å²) in [7, 11) is 1.68. The van der Waals surface area contributed by atoms with Crippen molar-refractivity contribution in [1.29, 1.82) is 0 Å². The number of hydrogen-bond acceptors (Lipinski definition) is 6. The molecule has 3 aromatic heterocycles. The summed E-state index contributed by atoms with van der Waals surface area (Å²) in [6, 6.07) is 12.3. The SMILES string of the molecule is COc1ccc2[nH]cc(CCNc3nc(N)ncc3Cc3ccc4[nH]ncc4c3)c2c1. The molecule has 0 aliphatic rings. The Balaban J connectivity index is 1.33. The molecule has 5 rings (SSSR count). The molecule has 0 radical (unpaired) electrons. The molecule has 3 heterocycles. The van der Waals surface area contributed by atoms with E-state index in [1.807, 2.05) is 30.6 Å². The molecule has 0 saturated heterocycles. The first-order valence-electron chi connectivity index (χ1n) is 10.1.